The van der Waals surface area contributed by atoms with E-state index in [-0.39, 0.29) is 10.7 Å². The quantitative estimate of drug-likeness (QED) is 0.765. The zero-order valence-corrected chi connectivity index (χ0v) is 8.50. The average molecular weight is 203 g/mol. The minimum Gasteiger partial charge on any atom is -0.383 e. The second kappa shape index (κ2) is 3.37. The molecule has 1 heterocycles. The fourth-order valence-corrected chi connectivity index (χ4v) is 1.78. The van der Waals surface area contributed by atoms with Gasteiger partial charge in [0.2, 0.25) is 0 Å². The molecule has 74 valence electrons. The maximum atomic E-state index is 11.1. The van der Waals surface area contributed by atoms with Crippen molar-refractivity contribution in [3.8, 4) is 0 Å². The Morgan fingerprint density at radius 1 is 1.62 bits per heavy atom. The van der Waals surface area contributed by atoms with Crippen molar-refractivity contribution in [3.05, 3.63) is 6.20 Å². The van der Waals surface area contributed by atoms with Gasteiger partial charge in [-0.05, 0) is 6.42 Å². The number of rotatable bonds is 3. The molecule has 0 amide bonds. The number of nitrogen functional groups attached to an aromatic ring is 1. The second-order valence-corrected chi connectivity index (χ2v) is 4.87. The van der Waals surface area contributed by atoms with Gasteiger partial charge in [-0.1, -0.05) is 6.92 Å². The molecule has 6 heteroatoms. The fraction of sp³-hybridized carbons (Fsp3) is 0.571. The lowest BCUT2D eigenvalue weighted by molar-refractivity contribution is 0.600. The van der Waals surface area contributed by atoms with Gasteiger partial charge in [-0.3, -0.25) is 0 Å². The van der Waals surface area contributed by atoms with E-state index in [1.54, 1.807) is 0 Å². The summed E-state index contributed by atoms with van der Waals surface area (Å²) < 4.78 is 23.8. The van der Waals surface area contributed by atoms with E-state index in [1.165, 1.54) is 10.9 Å². The van der Waals surface area contributed by atoms with Crippen molar-refractivity contribution in [1.82, 2.24) is 9.78 Å². The van der Waals surface area contributed by atoms with Gasteiger partial charge in [0.1, 0.15) is 10.7 Å². The van der Waals surface area contributed by atoms with Crippen molar-refractivity contribution >= 4 is 15.7 Å². The van der Waals surface area contributed by atoms with Gasteiger partial charge in [-0.15, -0.1) is 0 Å². The van der Waals surface area contributed by atoms with Crippen molar-refractivity contribution in [2.24, 2.45) is 0 Å². The van der Waals surface area contributed by atoms with Crippen LogP contribution in [0.4, 0.5) is 5.82 Å². The summed E-state index contributed by atoms with van der Waals surface area (Å²) in [6, 6.07) is 0. The molecule has 0 unspecified atom stereocenters. The molecule has 0 aliphatic carbocycles. The first-order valence-corrected chi connectivity index (χ1v) is 5.87. The second-order valence-electron chi connectivity index (χ2n) is 2.89. The van der Waals surface area contributed by atoms with Gasteiger partial charge in [-0.2, -0.15) is 5.10 Å². The number of aromatic nitrogens is 2. The van der Waals surface area contributed by atoms with Gasteiger partial charge in [0.25, 0.3) is 0 Å². The standard InChI is InChI=1S/C7H13N3O2S/c1-3-4-10-7(8)6(5-9-10)13(2,11)12/h5H,3-4,8H2,1-2H3. The molecule has 13 heavy (non-hydrogen) atoms. The number of nitrogens with zero attached hydrogens (tertiary/aromatic N) is 2. The van der Waals surface area contributed by atoms with Crippen LogP contribution in [0.25, 0.3) is 0 Å². The number of sulfone groups is 1. The minimum absolute atomic E-state index is 0.112. The van der Waals surface area contributed by atoms with Crippen LogP contribution in [0.2, 0.25) is 0 Å². The normalized spacial score (nSPS) is 11.8. The van der Waals surface area contributed by atoms with E-state index in [4.69, 9.17) is 5.73 Å². The van der Waals surface area contributed by atoms with Gasteiger partial charge in [0.15, 0.2) is 9.84 Å². The topological polar surface area (TPSA) is 78.0 Å². The van der Waals surface area contributed by atoms with Crippen LogP contribution in [0, 0.1) is 0 Å². The summed E-state index contributed by atoms with van der Waals surface area (Å²) in [6.45, 7) is 2.61. The van der Waals surface area contributed by atoms with Crippen molar-refractivity contribution in [1.29, 1.82) is 0 Å². The molecule has 0 fully saturated rings. The van der Waals surface area contributed by atoms with Crippen LogP contribution in [0.3, 0.4) is 0 Å². The Bertz CT molecular complexity index is 394. The summed E-state index contributed by atoms with van der Waals surface area (Å²) in [5.74, 6) is 0.226. The van der Waals surface area contributed by atoms with Crippen molar-refractivity contribution in [2.45, 2.75) is 24.8 Å². The van der Waals surface area contributed by atoms with Crippen LogP contribution in [0.1, 0.15) is 13.3 Å². The first kappa shape index (κ1) is 10.0. The summed E-state index contributed by atoms with van der Waals surface area (Å²) >= 11 is 0. The maximum Gasteiger partial charge on any atom is 0.180 e. The molecule has 0 radical (unpaired) electrons. The molecule has 5 nitrogen and oxygen atoms in total. The lowest BCUT2D eigenvalue weighted by Crippen LogP contribution is -2.06. The first-order chi connectivity index (χ1) is 5.96. The molecule has 0 saturated carbocycles. The molecule has 1 aromatic heterocycles. The summed E-state index contributed by atoms with van der Waals surface area (Å²) in [6.07, 6.45) is 3.28. The van der Waals surface area contributed by atoms with Gasteiger partial charge >= 0.3 is 0 Å². The highest BCUT2D eigenvalue weighted by Crippen LogP contribution is 2.16. The van der Waals surface area contributed by atoms with Crippen LogP contribution < -0.4 is 5.73 Å². The minimum atomic E-state index is -3.24. The smallest absolute Gasteiger partial charge is 0.180 e. The molecule has 0 aliphatic rings. The SMILES string of the molecule is CCCn1ncc(S(C)(=O)=O)c1N. The molecular weight excluding hydrogens is 190 g/mol. The molecule has 0 atom stereocenters. The predicted octanol–water partition coefficient (Wildman–Crippen LogP) is 0.279. The number of anilines is 1. The average Bonchev–Trinajstić information content (AvgIpc) is 2.32. The Balaban J connectivity index is 3.14. The third-order valence-corrected chi connectivity index (χ3v) is 2.79. The Kier molecular flexibility index (Phi) is 2.60. The Labute approximate surface area is 77.5 Å². The van der Waals surface area contributed by atoms with E-state index in [0.29, 0.717) is 6.54 Å². The van der Waals surface area contributed by atoms with E-state index < -0.39 is 9.84 Å². The maximum absolute atomic E-state index is 11.1. The van der Waals surface area contributed by atoms with E-state index >= 15 is 0 Å². The fourth-order valence-electron chi connectivity index (χ4n) is 1.05. The molecule has 0 bridgehead atoms. The van der Waals surface area contributed by atoms with Crippen LogP contribution in [-0.4, -0.2) is 24.5 Å². The van der Waals surface area contributed by atoms with E-state index in [1.807, 2.05) is 6.92 Å². The summed E-state index contributed by atoms with van der Waals surface area (Å²) in [5, 5.41) is 3.88. The van der Waals surface area contributed by atoms with E-state index in [9.17, 15) is 8.42 Å². The largest absolute Gasteiger partial charge is 0.383 e. The lowest BCUT2D eigenvalue weighted by Gasteiger charge is -2.01. The zero-order valence-electron chi connectivity index (χ0n) is 7.69. The Morgan fingerprint density at radius 3 is 2.62 bits per heavy atom. The molecule has 0 saturated heterocycles. The third-order valence-electron chi connectivity index (χ3n) is 1.68. The molecule has 1 rings (SSSR count). The van der Waals surface area contributed by atoms with E-state index in [0.717, 1.165) is 12.7 Å². The number of hydrogen-bond acceptors (Lipinski definition) is 4. The van der Waals surface area contributed by atoms with Gasteiger partial charge in [0.05, 0.1) is 6.20 Å². The molecule has 0 spiro atoms. The number of hydrogen-bond donors (Lipinski definition) is 1. The Morgan fingerprint density at radius 2 is 2.23 bits per heavy atom. The van der Waals surface area contributed by atoms with E-state index in [2.05, 4.69) is 5.10 Å². The van der Waals surface area contributed by atoms with Crippen LogP contribution in [0.5, 0.6) is 0 Å². The predicted molar refractivity (Wildman–Crippen MR) is 50.0 cm³/mol. The number of nitrogens with two attached hydrogens (primary N) is 1. The highest BCUT2D eigenvalue weighted by molar-refractivity contribution is 7.90. The van der Waals surface area contributed by atoms with Crippen LogP contribution in [-0.2, 0) is 16.4 Å². The highest BCUT2D eigenvalue weighted by atomic mass is 32.2. The summed E-state index contributed by atoms with van der Waals surface area (Å²) in [5.41, 5.74) is 5.60. The van der Waals surface area contributed by atoms with Crippen LogP contribution >= 0.6 is 0 Å². The third kappa shape index (κ3) is 2.00. The molecule has 1 aromatic rings. The lowest BCUT2D eigenvalue weighted by atomic mass is 10.5. The van der Waals surface area contributed by atoms with Crippen molar-refractivity contribution < 1.29 is 8.42 Å². The highest BCUT2D eigenvalue weighted by Gasteiger charge is 2.15. The monoisotopic (exact) mass is 203 g/mol. The summed E-state index contributed by atoms with van der Waals surface area (Å²) in [7, 11) is -3.24. The van der Waals surface area contributed by atoms with Crippen molar-refractivity contribution in [3.63, 3.8) is 0 Å². The van der Waals surface area contributed by atoms with Gasteiger partial charge < -0.3 is 5.73 Å². The van der Waals surface area contributed by atoms with Gasteiger partial charge in [-0.25, -0.2) is 13.1 Å². The van der Waals surface area contributed by atoms with Gasteiger partial charge in [0, 0.05) is 12.8 Å². The zero-order chi connectivity index (χ0) is 10.1. The summed E-state index contributed by atoms with van der Waals surface area (Å²) in [4.78, 5) is 0.112. The molecule has 0 aromatic carbocycles. The molecule has 2 N–H and O–H groups in total. The van der Waals surface area contributed by atoms with Crippen LogP contribution in [0.15, 0.2) is 11.1 Å². The first-order valence-electron chi connectivity index (χ1n) is 3.98. The Hall–Kier alpha value is -1.04. The molecular formula is C7H13N3O2S. The number of aryl methyl sites for hydroxylation is 1. The van der Waals surface area contributed by atoms with Crippen molar-refractivity contribution in [2.75, 3.05) is 12.0 Å². The molecule has 0 aliphatic heterocycles.